The fourth-order valence-corrected chi connectivity index (χ4v) is 3.35. The van der Waals surface area contributed by atoms with Gasteiger partial charge in [0.05, 0.1) is 16.7 Å². The van der Waals surface area contributed by atoms with Crippen LogP contribution in [0.1, 0.15) is 30.1 Å². The quantitative estimate of drug-likeness (QED) is 0.530. The fourth-order valence-electron chi connectivity index (χ4n) is 3.23. The molecule has 0 amide bonds. The summed E-state index contributed by atoms with van der Waals surface area (Å²) in [6.07, 6.45) is 4.13. The first-order valence-corrected chi connectivity index (χ1v) is 9.63. The lowest BCUT2D eigenvalue weighted by Gasteiger charge is -2.09. The summed E-state index contributed by atoms with van der Waals surface area (Å²) in [5.41, 5.74) is 3.53. The zero-order valence-corrected chi connectivity index (χ0v) is 15.8. The number of halogens is 1. The molecule has 2 aromatic carbocycles. The molecule has 0 saturated heterocycles. The van der Waals surface area contributed by atoms with Gasteiger partial charge in [0.1, 0.15) is 18.2 Å². The average Bonchev–Trinajstić information content (AvgIpc) is 3.46. The number of hydrogen-bond acceptors (Lipinski definition) is 3. The van der Waals surface area contributed by atoms with Gasteiger partial charge in [-0.1, -0.05) is 23.7 Å². The van der Waals surface area contributed by atoms with Crippen LogP contribution in [0.4, 0.5) is 0 Å². The Labute approximate surface area is 166 Å². The maximum absolute atomic E-state index is 12.6. The van der Waals surface area contributed by atoms with Gasteiger partial charge in [-0.25, -0.2) is 4.98 Å². The Kier molecular flexibility index (Phi) is 4.17. The van der Waals surface area contributed by atoms with Crippen LogP contribution < -0.4 is 10.3 Å². The van der Waals surface area contributed by atoms with Crippen LogP contribution in [0.5, 0.6) is 5.75 Å². The molecule has 0 atom stereocenters. The van der Waals surface area contributed by atoms with Crippen LogP contribution in [-0.2, 0) is 6.61 Å². The van der Waals surface area contributed by atoms with Crippen LogP contribution in [0.3, 0.4) is 0 Å². The first-order chi connectivity index (χ1) is 13.7. The molecular weight excluding hydrogens is 374 g/mol. The van der Waals surface area contributed by atoms with E-state index in [1.165, 1.54) is 18.9 Å². The highest BCUT2D eigenvalue weighted by molar-refractivity contribution is 6.30. The summed E-state index contributed by atoms with van der Waals surface area (Å²) in [5.74, 6) is 2.15. The van der Waals surface area contributed by atoms with Gasteiger partial charge >= 0.3 is 0 Å². The van der Waals surface area contributed by atoms with Gasteiger partial charge in [0.15, 0.2) is 0 Å². The van der Waals surface area contributed by atoms with Crippen molar-refractivity contribution in [2.75, 3.05) is 0 Å². The standard InChI is InChI=1S/C22H18ClN3O2/c23-16-5-1-14(2-6-16)13-28-18-9-10-26(21(27)12-18)17-7-8-19-20(11-17)25-22(24-19)15-3-4-15/h1-2,5-12,15H,3-4,13H2,(H,24,25). The van der Waals surface area contributed by atoms with Crippen molar-refractivity contribution in [1.82, 2.24) is 14.5 Å². The molecule has 0 unspecified atom stereocenters. The number of aromatic amines is 1. The van der Waals surface area contributed by atoms with E-state index >= 15 is 0 Å². The number of nitrogens with zero attached hydrogens (tertiary/aromatic N) is 2. The highest BCUT2D eigenvalue weighted by Crippen LogP contribution is 2.39. The third-order valence-electron chi connectivity index (χ3n) is 4.94. The van der Waals surface area contributed by atoms with Crippen LogP contribution >= 0.6 is 11.6 Å². The van der Waals surface area contributed by atoms with E-state index in [-0.39, 0.29) is 5.56 Å². The number of imidazole rings is 1. The van der Waals surface area contributed by atoms with E-state index in [2.05, 4.69) is 9.97 Å². The topological polar surface area (TPSA) is 59.9 Å². The minimum atomic E-state index is -0.144. The molecule has 0 aliphatic heterocycles. The van der Waals surface area contributed by atoms with Gasteiger partial charge in [-0.05, 0) is 54.8 Å². The van der Waals surface area contributed by atoms with Gasteiger partial charge in [-0.2, -0.15) is 0 Å². The zero-order valence-electron chi connectivity index (χ0n) is 15.1. The summed E-state index contributed by atoms with van der Waals surface area (Å²) < 4.78 is 7.34. The van der Waals surface area contributed by atoms with Crippen molar-refractivity contribution >= 4 is 22.6 Å². The number of fused-ring (bicyclic) bond motifs is 1. The second-order valence-corrected chi connectivity index (χ2v) is 7.52. The highest BCUT2D eigenvalue weighted by Gasteiger charge is 2.26. The van der Waals surface area contributed by atoms with E-state index in [1.807, 2.05) is 42.5 Å². The molecule has 140 valence electrons. The smallest absolute Gasteiger partial charge is 0.258 e. The molecule has 6 heteroatoms. The molecule has 2 heterocycles. The Morgan fingerprint density at radius 1 is 1.11 bits per heavy atom. The Bertz CT molecular complexity index is 1210. The lowest BCUT2D eigenvalue weighted by Crippen LogP contribution is -2.16. The predicted molar refractivity (Wildman–Crippen MR) is 109 cm³/mol. The number of hydrogen-bond donors (Lipinski definition) is 1. The third-order valence-corrected chi connectivity index (χ3v) is 5.19. The predicted octanol–water partition coefficient (Wildman–Crippen LogP) is 4.82. The van der Waals surface area contributed by atoms with Crippen LogP contribution in [0.2, 0.25) is 5.02 Å². The number of rotatable bonds is 5. The van der Waals surface area contributed by atoms with Gasteiger partial charge in [0.25, 0.3) is 5.56 Å². The second-order valence-electron chi connectivity index (χ2n) is 7.08. The number of ether oxygens (including phenoxy) is 1. The molecule has 1 aliphatic carbocycles. The number of H-pyrrole nitrogens is 1. The minimum absolute atomic E-state index is 0.144. The summed E-state index contributed by atoms with van der Waals surface area (Å²) in [4.78, 5) is 20.6. The molecule has 5 nitrogen and oxygen atoms in total. The zero-order chi connectivity index (χ0) is 19.1. The molecule has 1 fully saturated rings. The summed E-state index contributed by atoms with van der Waals surface area (Å²) in [6, 6.07) is 16.6. The molecular formula is C22H18ClN3O2. The first kappa shape index (κ1) is 17.1. The normalized spacial score (nSPS) is 13.8. The van der Waals surface area contributed by atoms with Crippen LogP contribution in [0, 0.1) is 0 Å². The highest BCUT2D eigenvalue weighted by atomic mass is 35.5. The molecule has 5 rings (SSSR count). The molecule has 4 aromatic rings. The largest absolute Gasteiger partial charge is 0.489 e. The fraction of sp³-hybridized carbons (Fsp3) is 0.182. The summed E-state index contributed by atoms with van der Waals surface area (Å²) in [7, 11) is 0. The maximum atomic E-state index is 12.6. The average molecular weight is 392 g/mol. The van der Waals surface area contributed by atoms with E-state index in [0.717, 1.165) is 28.1 Å². The molecule has 0 radical (unpaired) electrons. The lowest BCUT2D eigenvalue weighted by atomic mass is 10.2. The van der Waals surface area contributed by atoms with Crippen molar-refractivity contribution in [2.45, 2.75) is 25.4 Å². The SMILES string of the molecule is O=c1cc(OCc2ccc(Cl)cc2)ccn1-c1ccc2nc(C3CC3)[nH]c2c1. The van der Waals surface area contributed by atoms with Crippen molar-refractivity contribution in [3.8, 4) is 11.4 Å². The molecule has 2 aromatic heterocycles. The van der Waals surface area contributed by atoms with Crippen LogP contribution in [0.25, 0.3) is 16.7 Å². The molecule has 0 spiro atoms. The van der Waals surface area contributed by atoms with Crippen molar-refractivity contribution in [2.24, 2.45) is 0 Å². The second kappa shape index (κ2) is 6.84. The van der Waals surface area contributed by atoms with E-state index in [9.17, 15) is 4.79 Å². The van der Waals surface area contributed by atoms with Crippen LogP contribution in [0.15, 0.2) is 65.6 Å². The number of aromatic nitrogens is 3. The van der Waals surface area contributed by atoms with E-state index in [0.29, 0.717) is 23.3 Å². The molecule has 1 N–H and O–H groups in total. The number of pyridine rings is 1. The van der Waals surface area contributed by atoms with Gasteiger partial charge in [-0.15, -0.1) is 0 Å². The van der Waals surface area contributed by atoms with Gasteiger partial charge in [0.2, 0.25) is 0 Å². The Morgan fingerprint density at radius 2 is 1.93 bits per heavy atom. The summed E-state index contributed by atoms with van der Waals surface area (Å²) >= 11 is 5.89. The molecule has 1 aliphatic rings. The molecule has 1 saturated carbocycles. The minimum Gasteiger partial charge on any atom is -0.489 e. The summed E-state index contributed by atoms with van der Waals surface area (Å²) in [5, 5.41) is 0.685. The van der Waals surface area contributed by atoms with Crippen molar-refractivity contribution in [1.29, 1.82) is 0 Å². The van der Waals surface area contributed by atoms with Gasteiger partial charge < -0.3 is 9.72 Å². The first-order valence-electron chi connectivity index (χ1n) is 9.26. The van der Waals surface area contributed by atoms with Crippen molar-refractivity contribution in [3.63, 3.8) is 0 Å². The monoisotopic (exact) mass is 391 g/mol. The summed E-state index contributed by atoms with van der Waals surface area (Å²) in [6.45, 7) is 0.380. The van der Waals surface area contributed by atoms with Crippen molar-refractivity contribution < 1.29 is 4.74 Å². The number of benzene rings is 2. The molecule has 0 bridgehead atoms. The van der Waals surface area contributed by atoms with E-state index in [1.54, 1.807) is 16.8 Å². The Hall–Kier alpha value is -3.05. The van der Waals surface area contributed by atoms with Crippen molar-refractivity contribution in [3.05, 3.63) is 87.6 Å². The third kappa shape index (κ3) is 3.41. The Morgan fingerprint density at radius 3 is 2.68 bits per heavy atom. The van der Waals surface area contributed by atoms with Gasteiger partial charge in [-0.3, -0.25) is 9.36 Å². The van der Waals surface area contributed by atoms with Crippen LogP contribution in [-0.4, -0.2) is 14.5 Å². The Balaban J connectivity index is 1.37. The maximum Gasteiger partial charge on any atom is 0.258 e. The molecule has 28 heavy (non-hydrogen) atoms. The van der Waals surface area contributed by atoms with E-state index in [4.69, 9.17) is 16.3 Å². The van der Waals surface area contributed by atoms with E-state index < -0.39 is 0 Å². The van der Waals surface area contributed by atoms with Gasteiger partial charge in [0, 0.05) is 23.2 Å². The number of nitrogens with one attached hydrogen (secondary N) is 1. The lowest BCUT2D eigenvalue weighted by molar-refractivity contribution is 0.305.